The van der Waals surface area contributed by atoms with Crippen molar-refractivity contribution >= 4 is 10.1 Å². The van der Waals surface area contributed by atoms with E-state index in [1.807, 2.05) is 4.57 Å². The number of aromatic nitrogens is 2. The van der Waals surface area contributed by atoms with Gasteiger partial charge in [0.15, 0.2) is 0 Å². The van der Waals surface area contributed by atoms with E-state index in [4.69, 9.17) is 4.55 Å². The summed E-state index contributed by atoms with van der Waals surface area (Å²) in [6.45, 7) is 4.14. The van der Waals surface area contributed by atoms with Crippen molar-refractivity contribution < 1.29 is 13.0 Å². The van der Waals surface area contributed by atoms with Crippen LogP contribution in [0.1, 0.15) is 12.2 Å². The summed E-state index contributed by atoms with van der Waals surface area (Å²) in [7, 11) is -3.86. The van der Waals surface area contributed by atoms with E-state index < -0.39 is 10.1 Å². The second-order valence-corrected chi connectivity index (χ2v) is 4.74. The van der Waals surface area contributed by atoms with Crippen LogP contribution >= 0.6 is 0 Å². The van der Waals surface area contributed by atoms with Crippen molar-refractivity contribution in [1.29, 1.82) is 0 Å². The summed E-state index contributed by atoms with van der Waals surface area (Å²) >= 11 is 0. The molecule has 0 radical (unpaired) electrons. The first kappa shape index (κ1) is 11.9. The Bertz CT molecular complexity index is 422. The Kier molecular flexibility index (Phi) is 4.05. The lowest BCUT2D eigenvalue weighted by Gasteiger charge is -2.04. The largest absolute Gasteiger partial charge is 0.335 e. The molecular formula is C9H14N2O3S. The fraction of sp³-hybridized carbons (Fsp3) is 0.444. The van der Waals surface area contributed by atoms with Crippen LogP contribution in [0.3, 0.4) is 0 Å². The van der Waals surface area contributed by atoms with Gasteiger partial charge in [0.05, 0.1) is 5.75 Å². The van der Waals surface area contributed by atoms with Crippen molar-refractivity contribution in [3.8, 4) is 0 Å². The van der Waals surface area contributed by atoms with Crippen molar-refractivity contribution in [1.82, 2.24) is 9.55 Å². The van der Waals surface area contributed by atoms with Crippen LogP contribution in [0.15, 0.2) is 25.0 Å². The van der Waals surface area contributed by atoms with Crippen molar-refractivity contribution in [2.45, 2.75) is 19.4 Å². The Hall–Kier alpha value is -1.14. The number of aryl methyl sites for hydroxylation is 1. The smallest absolute Gasteiger partial charge is 0.264 e. The molecule has 0 aliphatic carbocycles. The molecule has 5 nitrogen and oxygen atoms in total. The summed E-state index contributed by atoms with van der Waals surface area (Å²) in [6, 6.07) is 0. The van der Waals surface area contributed by atoms with Crippen LogP contribution in [0.2, 0.25) is 0 Å². The first-order valence-electron chi connectivity index (χ1n) is 4.59. The molecule has 0 aromatic carbocycles. The van der Waals surface area contributed by atoms with E-state index >= 15 is 0 Å². The third-order valence-corrected chi connectivity index (χ3v) is 2.73. The summed E-state index contributed by atoms with van der Waals surface area (Å²) in [5.41, 5.74) is 0. The molecule has 0 saturated carbocycles. The molecule has 0 fully saturated rings. The molecule has 6 heteroatoms. The van der Waals surface area contributed by atoms with Crippen LogP contribution in [-0.2, 0) is 23.1 Å². The van der Waals surface area contributed by atoms with Crippen LogP contribution in [-0.4, -0.2) is 28.3 Å². The minimum absolute atomic E-state index is 0.224. The van der Waals surface area contributed by atoms with Crippen LogP contribution in [0.4, 0.5) is 0 Å². The lowest BCUT2D eigenvalue weighted by molar-refractivity contribution is 0.478. The zero-order valence-corrected chi connectivity index (χ0v) is 9.15. The molecule has 0 saturated heterocycles. The first-order chi connectivity index (χ1) is 7.03. The molecule has 0 aliphatic heterocycles. The van der Waals surface area contributed by atoms with E-state index in [9.17, 15) is 8.42 Å². The maximum atomic E-state index is 10.5. The number of rotatable bonds is 6. The van der Waals surface area contributed by atoms with Crippen molar-refractivity contribution in [2.75, 3.05) is 5.75 Å². The van der Waals surface area contributed by atoms with Gasteiger partial charge in [-0.15, -0.1) is 6.58 Å². The first-order valence-corrected chi connectivity index (χ1v) is 6.20. The zero-order valence-electron chi connectivity index (χ0n) is 8.33. The van der Waals surface area contributed by atoms with E-state index in [1.54, 1.807) is 18.5 Å². The average Bonchev–Trinajstić information content (AvgIpc) is 2.51. The van der Waals surface area contributed by atoms with Gasteiger partial charge < -0.3 is 4.57 Å². The van der Waals surface area contributed by atoms with E-state index in [0.29, 0.717) is 19.4 Å². The van der Waals surface area contributed by atoms with Gasteiger partial charge in [-0.2, -0.15) is 8.42 Å². The molecule has 0 atom stereocenters. The molecule has 1 heterocycles. The SMILES string of the molecule is C=CCc1nccn1CCCS(=O)(=O)O. The number of hydrogen-bond donors (Lipinski definition) is 1. The van der Waals surface area contributed by atoms with Gasteiger partial charge in [-0.25, -0.2) is 4.98 Å². The Morgan fingerprint density at radius 1 is 1.60 bits per heavy atom. The van der Waals surface area contributed by atoms with E-state index in [2.05, 4.69) is 11.6 Å². The molecule has 1 aromatic heterocycles. The predicted octanol–water partition coefficient (Wildman–Crippen LogP) is 0.890. The molecule has 0 spiro atoms. The Morgan fingerprint density at radius 2 is 2.33 bits per heavy atom. The molecule has 0 aliphatic rings. The number of hydrogen-bond acceptors (Lipinski definition) is 3. The average molecular weight is 230 g/mol. The van der Waals surface area contributed by atoms with Crippen LogP contribution < -0.4 is 0 Å². The monoisotopic (exact) mass is 230 g/mol. The van der Waals surface area contributed by atoms with Gasteiger partial charge in [-0.3, -0.25) is 4.55 Å². The lowest BCUT2D eigenvalue weighted by Crippen LogP contribution is -2.09. The molecule has 1 N–H and O–H groups in total. The van der Waals surface area contributed by atoms with Crippen LogP contribution in [0.25, 0.3) is 0 Å². The van der Waals surface area contributed by atoms with Gasteiger partial charge in [-0.05, 0) is 6.42 Å². The van der Waals surface area contributed by atoms with Crippen LogP contribution in [0.5, 0.6) is 0 Å². The molecule has 84 valence electrons. The van der Waals surface area contributed by atoms with E-state index in [0.717, 1.165) is 5.82 Å². The highest BCUT2D eigenvalue weighted by atomic mass is 32.2. The quantitative estimate of drug-likeness (QED) is 0.582. The molecule has 15 heavy (non-hydrogen) atoms. The minimum atomic E-state index is -3.86. The van der Waals surface area contributed by atoms with Crippen molar-refractivity contribution in [3.63, 3.8) is 0 Å². The van der Waals surface area contributed by atoms with E-state index in [-0.39, 0.29) is 5.75 Å². The third kappa shape index (κ3) is 4.26. The standard InChI is InChI=1S/C9H14N2O3S/c1-2-4-9-10-5-7-11(9)6-3-8-15(12,13)14/h2,5,7H,1,3-4,6,8H2,(H,12,13,14). The van der Waals surface area contributed by atoms with Gasteiger partial charge in [0, 0.05) is 25.4 Å². The molecule has 0 bridgehead atoms. The fourth-order valence-corrected chi connectivity index (χ4v) is 1.77. The third-order valence-electron chi connectivity index (χ3n) is 1.93. The van der Waals surface area contributed by atoms with Crippen molar-refractivity contribution in [2.24, 2.45) is 0 Å². The summed E-state index contributed by atoms with van der Waals surface area (Å²) in [5.74, 6) is 0.624. The molecule has 1 rings (SSSR count). The summed E-state index contributed by atoms with van der Waals surface area (Å²) in [6.07, 6.45) is 6.20. The Labute approximate surface area is 89.2 Å². The van der Waals surface area contributed by atoms with Gasteiger partial charge in [0.25, 0.3) is 10.1 Å². The molecule has 0 amide bonds. The minimum Gasteiger partial charge on any atom is -0.335 e. The normalized spacial score (nSPS) is 11.5. The van der Waals surface area contributed by atoms with Crippen molar-refractivity contribution in [3.05, 3.63) is 30.9 Å². The maximum absolute atomic E-state index is 10.5. The second-order valence-electron chi connectivity index (χ2n) is 3.17. The molecule has 0 unspecified atom stereocenters. The molecule has 1 aromatic rings. The number of imidazole rings is 1. The number of allylic oxidation sites excluding steroid dienone is 1. The molecular weight excluding hydrogens is 216 g/mol. The fourth-order valence-electron chi connectivity index (χ4n) is 1.28. The van der Waals surface area contributed by atoms with Crippen LogP contribution in [0, 0.1) is 0 Å². The summed E-state index contributed by atoms with van der Waals surface area (Å²) < 4.78 is 31.4. The van der Waals surface area contributed by atoms with E-state index in [1.165, 1.54) is 0 Å². The maximum Gasteiger partial charge on any atom is 0.264 e. The summed E-state index contributed by atoms with van der Waals surface area (Å²) in [4.78, 5) is 4.10. The predicted molar refractivity (Wildman–Crippen MR) is 57.2 cm³/mol. The highest BCUT2D eigenvalue weighted by Gasteiger charge is 2.05. The van der Waals surface area contributed by atoms with Gasteiger partial charge >= 0.3 is 0 Å². The second kappa shape index (κ2) is 5.09. The zero-order chi connectivity index (χ0) is 11.3. The highest BCUT2D eigenvalue weighted by molar-refractivity contribution is 7.85. The summed E-state index contributed by atoms with van der Waals surface area (Å²) in [5, 5.41) is 0. The Morgan fingerprint density at radius 3 is 2.93 bits per heavy atom. The highest BCUT2D eigenvalue weighted by Crippen LogP contribution is 2.02. The van der Waals surface area contributed by atoms with Gasteiger partial charge in [-0.1, -0.05) is 6.08 Å². The topological polar surface area (TPSA) is 72.2 Å². The number of nitrogens with zero attached hydrogens (tertiary/aromatic N) is 2. The Balaban J connectivity index is 2.50. The van der Waals surface area contributed by atoms with Gasteiger partial charge in [0.1, 0.15) is 5.82 Å². The lowest BCUT2D eigenvalue weighted by atomic mass is 10.4. The van der Waals surface area contributed by atoms with Gasteiger partial charge in [0.2, 0.25) is 0 Å².